The van der Waals surface area contributed by atoms with Crippen molar-refractivity contribution in [3.05, 3.63) is 57.0 Å². The number of benzene rings is 2. The summed E-state index contributed by atoms with van der Waals surface area (Å²) >= 11 is 9.78. The van der Waals surface area contributed by atoms with Gasteiger partial charge in [-0.1, -0.05) is 46.6 Å². The molecule has 2 aromatic carbocycles. The third kappa shape index (κ3) is 4.73. The Bertz CT molecular complexity index is 616. The minimum Gasteiger partial charge on any atom is -0.456 e. The van der Waals surface area contributed by atoms with Gasteiger partial charge in [-0.2, -0.15) is 0 Å². The molecule has 1 N–H and O–H groups in total. The molecule has 0 aliphatic carbocycles. The van der Waals surface area contributed by atoms with E-state index < -0.39 is 0 Å². The lowest BCUT2D eigenvalue weighted by molar-refractivity contribution is 0.482. The summed E-state index contributed by atoms with van der Waals surface area (Å²) < 4.78 is 6.88. The highest BCUT2D eigenvalue weighted by Gasteiger charge is 2.06. The van der Waals surface area contributed by atoms with E-state index in [0.717, 1.165) is 35.3 Å². The standard InChI is InChI=1S/C17H19BrClNO/c1-3-8-20-11-13-5-6-14(10-15(13)18)21-17-7-4-12(2)9-16(17)19/h4-7,9-10,20H,3,8,11H2,1-2H3. The SMILES string of the molecule is CCCNCc1ccc(Oc2ccc(C)cc2Cl)cc1Br. The van der Waals surface area contributed by atoms with Gasteiger partial charge in [0.05, 0.1) is 5.02 Å². The first-order valence-corrected chi connectivity index (χ1v) is 8.20. The van der Waals surface area contributed by atoms with E-state index in [0.29, 0.717) is 10.8 Å². The molecule has 0 heterocycles. The van der Waals surface area contributed by atoms with Gasteiger partial charge in [-0.15, -0.1) is 0 Å². The van der Waals surface area contributed by atoms with Crippen molar-refractivity contribution >= 4 is 27.5 Å². The van der Waals surface area contributed by atoms with Gasteiger partial charge in [-0.3, -0.25) is 0 Å². The summed E-state index contributed by atoms with van der Waals surface area (Å²) in [4.78, 5) is 0. The van der Waals surface area contributed by atoms with Crippen molar-refractivity contribution in [1.29, 1.82) is 0 Å². The third-order valence-electron chi connectivity index (χ3n) is 3.08. The number of aryl methyl sites for hydroxylation is 1. The molecule has 0 amide bonds. The first kappa shape index (κ1) is 16.3. The maximum Gasteiger partial charge on any atom is 0.146 e. The molecule has 0 unspecified atom stereocenters. The van der Waals surface area contributed by atoms with Gasteiger partial charge in [-0.05, 0) is 55.3 Å². The van der Waals surface area contributed by atoms with E-state index in [1.807, 2.05) is 37.3 Å². The van der Waals surface area contributed by atoms with Crippen LogP contribution in [0.15, 0.2) is 40.9 Å². The van der Waals surface area contributed by atoms with E-state index in [4.69, 9.17) is 16.3 Å². The van der Waals surface area contributed by atoms with Crippen LogP contribution >= 0.6 is 27.5 Å². The van der Waals surface area contributed by atoms with Gasteiger partial charge >= 0.3 is 0 Å². The average molecular weight is 369 g/mol. The monoisotopic (exact) mass is 367 g/mol. The van der Waals surface area contributed by atoms with Gasteiger partial charge in [0.25, 0.3) is 0 Å². The Morgan fingerprint density at radius 2 is 2.00 bits per heavy atom. The summed E-state index contributed by atoms with van der Waals surface area (Å²) in [5, 5.41) is 4.01. The van der Waals surface area contributed by atoms with Crippen molar-refractivity contribution in [2.75, 3.05) is 6.54 Å². The first-order chi connectivity index (χ1) is 10.1. The van der Waals surface area contributed by atoms with Gasteiger partial charge in [0.1, 0.15) is 11.5 Å². The van der Waals surface area contributed by atoms with Crippen LogP contribution in [0.3, 0.4) is 0 Å². The molecular weight excluding hydrogens is 350 g/mol. The first-order valence-electron chi connectivity index (χ1n) is 7.03. The summed E-state index contributed by atoms with van der Waals surface area (Å²) in [5.41, 5.74) is 2.33. The predicted molar refractivity (Wildman–Crippen MR) is 92.4 cm³/mol. The Balaban J connectivity index is 2.09. The molecule has 112 valence electrons. The Labute approximate surface area is 139 Å². The fraction of sp³-hybridized carbons (Fsp3) is 0.294. The minimum atomic E-state index is 0.625. The van der Waals surface area contributed by atoms with Crippen molar-refractivity contribution in [1.82, 2.24) is 5.32 Å². The lowest BCUT2D eigenvalue weighted by Gasteiger charge is -2.11. The maximum absolute atomic E-state index is 6.19. The van der Waals surface area contributed by atoms with E-state index in [1.54, 1.807) is 0 Å². The van der Waals surface area contributed by atoms with Gasteiger partial charge in [0, 0.05) is 11.0 Å². The fourth-order valence-corrected chi connectivity index (χ4v) is 2.72. The summed E-state index contributed by atoms with van der Waals surface area (Å²) in [6.07, 6.45) is 1.13. The second-order valence-corrected chi connectivity index (χ2v) is 6.23. The summed E-state index contributed by atoms with van der Waals surface area (Å²) in [7, 11) is 0. The molecule has 0 aliphatic heterocycles. The van der Waals surface area contributed by atoms with Crippen LogP contribution in [0.25, 0.3) is 0 Å². The van der Waals surface area contributed by atoms with E-state index >= 15 is 0 Å². The molecule has 2 aromatic rings. The highest BCUT2D eigenvalue weighted by Crippen LogP contribution is 2.32. The molecule has 0 aromatic heterocycles. The topological polar surface area (TPSA) is 21.3 Å². The van der Waals surface area contributed by atoms with Crippen LogP contribution in [0.1, 0.15) is 24.5 Å². The number of hydrogen-bond donors (Lipinski definition) is 1. The Kier molecular flexibility index (Phi) is 6.09. The minimum absolute atomic E-state index is 0.625. The van der Waals surface area contributed by atoms with Crippen molar-refractivity contribution < 1.29 is 4.74 Å². The lowest BCUT2D eigenvalue weighted by atomic mass is 10.2. The van der Waals surface area contributed by atoms with Crippen molar-refractivity contribution in [3.63, 3.8) is 0 Å². The van der Waals surface area contributed by atoms with Gasteiger partial charge in [-0.25, -0.2) is 0 Å². The number of rotatable bonds is 6. The molecule has 0 fully saturated rings. The molecule has 2 rings (SSSR count). The molecule has 4 heteroatoms. The molecule has 0 saturated carbocycles. The molecule has 0 spiro atoms. The van der Waals surface area contributed by atoms with Crippen molar-refractivity contribution in [3.8, 4) is 11.5 Å². The number of ether oxygens (including phenoxy) is 1. The third-order valence-corrected chi connectivity index (χ3v) is 4.12. The van der Waals surface area contributed by atoms with Crippen LogP contribution in [0.2, 0.25) is 5.02 Å². The van der Waals surface area contributed by atoms with Crippen LogP contribution < -0.4 is 10.1 Å². The van der Waals surface area contributed by atoms with Crippen LogP contribution in [0.5, 0.6) is 11.5 Å². The highest BCUT2D eigenvalue weighted by molar-refractivity contribution is 9.10. The summed E-state index contributed by atoms with van der Waals surface area (Å²) in [6.45, 7) is 6.03. The molecule has 2 nitrogen and oxygen atoms in total. The van der Waals surface area contributed by atoms with Gasteiger partial charge < -0.3 is 10.1 Å². The zero-order valence-electron chi connectivity index (χ0n) is 12.2. The fourth-order valence-electron chi connectivity index (χ4n) is 1.95. The summed E-state index contributed by atoms with van der Waals surface area (Å²) in [5.74, 6) is 1.44. The van der Waals surface area contributed by atoms with Gasteiger partial charge in [0.2, 0.25) is 0 Å². The zero-order chi connectivity index (χ0) is 15.2. The Morgan fingerprint density at radius 3 is 2.67 bits per heavy atom. The van der Waals surface area contributed by atoms with Crippen molar-refractivity contribution in [2.45, 2.75) is 26.8 Å². The van der Waals surface area contributed by atoms with E-state index in [1.165, 1.54) is 5.56 Å². The molecule has 0 aliphatic rings. The Morgan fingerprint density at radius 1 is 1.19 bits per heavy atom. The number of halogens is 2. The molecule has 0 bridgehead atoms. The smallest absolute Gasteiger partial charge is 0.146 e. The molecule has 0 atom stereocenters. The largest absolute Gasteiger partial charge is 0.456 e. The van der Waals surface area contributed by atoms with E-state index in [2.05, 4.69) is 34.2 Å². The molecule has 21 heavy (non-hydrogen) atoms. The molecule has 0 radical (unpaired) electrons. The number of hydrogen-bond acceptors (Lipinski definition) is 2. The quantitative estimate of drug-likeness (QED) is 0.660. The zero-order valence-corrected chi connectivity index (χ0v) is 14.6. The van der Waals surface area contributed by atoms with Crippen LogP contribution in [0.4, 0.5) is 0 Å². The second-order valence-electron chi connectivity index (χ2n) is 4.97. The molecule has 0 saturated heterocycles. The van der Waals surface area contributed by atoms with Crippen LogP contribution in [-0.4, -0.2) is 6.54 Å². The van der Waals surface area contributed by atoms with Crippen LogP contribution in [-0.2, 0) is 6.54 Å². The molecular formula is C17H19BrClNO. The van der Waals surface area contributed by atoms with Crippen molar-refractivity contribution in [2.24, 2.45) is 0 Å². The summed E-state index contributed by atoms with van der Waals surface area (Å²) in [6, 6.07) is 11.8. The highest BCUT2D eigenvalue weighted by atomic mass is 79.9. The second kappa shape index (κ2) is 7.83. The van der Waals surface area contributed by atoms with E-state index in [-0.39, 0.29) is 0 Å². The Hall–Kier alpha value is -1.03. The van der Waals surface area contributed by atoms with E-state index in [9.17, 15) is 0 Å². The average Bonchev–Trinajstić information content (AvgIpc) is 2.44. The lowest BCUT2D eigenvalue weighted by Crippen LogP contribution is -2.14. The predicted octanol–water partition coefficient (Wildman–Crippen LogP) is 5.70. The maximum atomic E-state index is 6.19. The number of nitrogens with one attached hydrogen (secondary N) is 1. The van der Waals surface area contributed by atoms with Crippen LogP contribution in [0, 0.1) is 6.92 Å². The normalized spacial score (nSPS) is 10.7. The van der Waals surface area contributed by atoms with Gasteiger partial charge in [0.15, 0.2) is 0 Å².